The maximum Gasteiger partial charge on any atom is 0.0701 e. The van der Waals surface area contributed by atoms with E-state index in [1.165, 1.54) is 0 Å². The van der Waals surface area contributed by atoms with E-state index in [4.69, 9.17) is 28.4 Å². The number of aliphatic hydroxyl groups excluding tert-OH is 2. The van der Waals surface area contributed by atoms with E-state index in [0.717, 1.165) is 26.2 Å². The van der Waals surface area contributed by atoms with Gasteiger partial charge in [0.05, 0.1) is 92.5 Å². The van der Waals surface area contributed by atoms with Gasteiger partial charge in [0, 0.05) is 39.3 Å². The van der Waals surface area contributed by atoms with Crippen LogP contribution in [-0.2, 0) is 28.4 Å². The van der Waals surface area contributed by atoms with Crippen molar-refractivity contribution < 1.29 is 38.6 Å². The molecule has 180 valence electrons. The van der Waals surface area contributed by atoms with Crippen LogP contribution >= 0.6 is 0 Å². The predicted molar refractivity (Wildman–Crippen MR) is 112 cm³/mol. The lowest BCUT2D eigenvalue weighted by Crippen LogP contribution is -2.34. The second kappa shape index (κ2) is 21.8. The normalized spacial score (nSPS) is 23.0. The number of nitrogens with zero attached hydrogens (tertiary/aromatic N) is 2. The molecule has 10 heteroatoms. The Morgan fingerprint density at radius 1 is 0.400 bits per heavy atom. The third-order valence-corrected chi connectivity index (χ3v) is 4.53. The van der Waals surface area contributed by atoms with E-state index in [1.54, 1.807) is 0 Å². The highest BCUT2D eigenvalue weighted by molar-refractivity contribution is 4.57. The highest BCUT2D eigenvalue weighted by Gasteiger charge is 2.06. The van der Waals surface area contributed by atoms with Crippen molar-refractivity contribution in [3.05, 3.63) is 0 Å². The fourth-order valence-corrected chi connectivity index (χ4v) is 2.81. The first-order valence-electron chi connectivity index (χ1n) is 11.0. The summed E-state index contributed by atoms with van der Waals surface area (Å²) in [5, 5.41) is 18.4. The molecule has 30 heavy (non-hydrogen) atoms. The zero-order valence-electron chi connectivity index (χ0n) is 18.4. The van der Waals surface area contributed by atoms with Crippen molar-refractivity contribution >= 4 is 0 Å². The van der Waals surface area contributed by atoms with Crippen LogP contribution in [0.1, 0.15) is 0 Å². The van der Waals surface area contributed by atoms with E-state index in [0.29, 0.717) is 92.4 Å². The van der Waals surface area contributed by atoms with Gasteiger partial charge in [-0.1, -0.05) is 0 Å². The average molecular weight is 439 g/mol. The third-order valence-electron chi connectivity index (χ3n) is 4.53. The van der Waals surface area contributed by atoms with E-state index in [-0.39, 0.29) is 13.2 Å². The van der Waals surface area contributed by atoms with Gasteiger partial charge in [-0.05, 0) is 0 Å². The van der Waals surface area contributed by atoms with Gasteiger partial charge < -0.3 is 38.6 Å². The van der Waals surface area contributed by atoms with Crippen LogP contribution in [0.4, 0.5) is 0 Å². The molecular formula is C20H42N2O8. The molecule has 1 saturated heterocycles. The van der Waals surface area contributed by atoms with E-state index < -0.39 is 0 Å². The number of hydrogen-bond acceptors (Lipinski definition) is 10. The summed E-state index contributed by atoms with van der Waals surface area (Å²) in [4.78, 5) is 4.23. The Morgan fingerprint density at radius 3 is 0.867 bits per heavy atom. The second-order valence-electron chi connectivity index (χ2n) is 6.80. The number of aliphatic hydroxyl groups is 2. The van der Waals surface area contributed by atoms with Crippen molar-refractivity contribution in [1.29, 1.82) is 0 Å². The molecule has 1 heterocycles. The Balaban J connectivity index is 2.27. The zero-order chi connectivity index (χ0) is 21.5. The number of rotatable bonds is 4. The molecule has 0 spiro atoms. The molecule has 0 aromatic heterocycles. The molecule has 0 aliphatic carbocycles. The smallest absolute Gasteiger partial charge is 0.0701 e. The molecule has 0 atom stereocenters. The Morgan fingerprint density at radius 2 is 0.633 bits per heavy atom. The van der Waals surface area contributed by atoms with Gasteiger partial charge in [0.2, 0.25) is 0 Å². The molecule has 1 rings (SSSR count). The molecule has 1 fully saturated rings. The Bertz CT molecular complexity index is 299. The molecule has 0 saturated carbocycles. The second-order valence-corrected chi connectivity index (χ2v) is 6.80. The standard InChI is InChI=1S/C20H42N2O8/c23-7-1-21-3-9-25-13-17-29-19-15-27-11-5-22(2-8-24)6-12-28-16-20-30-18-14-26-10-4-21/h23-24H,1-20H2. The first kappa shape index (κ1) is 27.6. The Kier molecular flexibility index (Phi) is 20.1. The van der Waals surface area contributed by atoms with Crippen LogP contribution in [0.5, 0.6) is 0 Å². The largest absolute Gasteiger partial charge is 0.395 e. The molecule has 10 nitrogen and oxygen atoms in total. The summed E-state index contributed by atoms with van der Waals surface area (Å²) >= 11 is 0. The van der Waals surface area contributed by atoms with Crippen molar-refractivity contribution in [3.63, 3.8) is 0 Å². The number of β-amino-alcohol motifs (C(OH)–C–C–N with tert-alkyl or cyclic N) is 2. The van der Waals surface area contributed by atoms with Crippen molar-refractivity contribution in [2.24, 2.45) is 0 Å². The number of hydrogen-bond donors (Lipinski definition) is 2. The maximum atomic E-state index is 9.19. The van der Waals surface area contributed by atoms with Crippen LogP contribution in [0.25, 0.3) is 0 Å². The average Bonchev–Trinajstić information content (AvgIpc) is 2.74. The molecule has 0 aromatic rings. The van der Waals surface area contributed by atoms with E-state index >= 15 is 0 Å². The van der Waals surface area contributed by atoms with Crippen LogP contribution in [0.2, 0.25) is 0 Å². The minimum Gasteiger partial charge on any atom is -0.395 e. The highest BCUT2D eigenvalue weighted by Crippen LogP contribution is 1.93. The van der Waals surface area contributed by atoms with Gasteiger partial charge in [-0.2, -0.15) is 0 Å². The lowest BCUT2D eigenvalue weighted by atomic mass is 10.4. The van der Waals surface area contributed by atoms with Gasteiger partial charge in [0.15, 0.2) is 0 Å². The quantitative estimate of drug-likeness (QED) is 0.550. The molecule has 0 unspecified atom stereocenters. The molecule has 0 radical (unpaired) electrons. The predicted octanol–water partition coefficient (Wildman–Crippen LogP) is -1.31. The van der Waals surface area contributed by atoms with E-state index in [9.17, 15) is 10.2 Å². The van der Waals surface area contributed by atoms with Crippen LogP contribution in [0, 0.1) is 0 Å². The fraction of sp³-hybridized carbons (Fsp3) is 1.00. The van der Waals surface area contributed by atoms with Crippen molar-refractivity contribution in [2.75, 3.05) is 132 Å². The molecule has 0 amide bonds. The van der Waals surface area contributed by atoms with Gasteiger partial charge in [-0.15, -0.1) is 0 Å². The summed E-state index contributed by atoms with van der Waals surface area (Å²) in [5.41, 5.74) is 0. The summed E-state index contributed by atoms with van der Waals surface area (Å²) in [5.74, 6) is 0. The minimum atomic E-state index is 0.115. The molecule has 1 aliphatic rings. The highest BCUT2D eigenvalue weighted by atomic mass is 16.5. The van der Waals surface area contributed by atoms with Gasteiger partial charge in [0.1, 0.15) is 0 Å². The third kappa shape index (κ3) is 17.3. The van der Waals surface area contributed by atoms with Crippen molar-refractivity contribution in [1.82, 2.24) is 9.80 Å². The number of ether oxygens (including phenoxy) is 6. The van der Waals surface area contributed by atoms with Crippen molar-refractivity contribution in [2.45, 2.75) is 0 Å². The van der Waals surface area contributed by atoms with E-state index in [1.807, 2.05) is 0 Å². The van der Waals surface area contributed by atoms with Crippen LogP contribution in [0.15, 0.2) is 0 Å². The summed E-state index contributed by atoms with van der Waals surface area (Å²) in [6, 6.07) is 0. The molecule has 0 aromatic carbocycles. The summed E-state index contributed by atoms with van der Waals surface area (Å²) in [7, 11) is 0. The molecule has 2 N–H and O–H groups in total. The van der Waals surface area contributed by atoms with Crippen LogP contribution in [0.3, 0.4) is 0 Å². The monoisotopic (exact) mass is 438 g/mol. The van der Waals surface area contributed by atoms with Gasteiger partial charge in [0.25, 0.3) is 0 Å². The molecular weight excluding hydrogens is 396 g/mol. The summed E-state index contributed by atoms with van der Waals surface area (Å²) in [6.45, 7) is 11.0. The Hall–Kier alpha value is -0.400. The maximum absolute atomic E-state index is 9.19. The fourth-order valence-electron chi connectivity index (χ4n) is 2.81. The molecule has 0 bridgehead atoms. The zero-order valence-corrected chi connectivity index (χ0v) is 18.4. The van der Waals surface area contributed by atoms with Gasteiger partial charge >= 0.3 is 0 Å². The topological polar surface area (TPSA) is 102 Å². The SMILES string of the molecule is OCCN1CCOCCOCCOCCN(CCO)CCOCCOCCOCC1. The summed E-state index contributed by atoms with van der Waals surface area (Å²) < 4.78 is 33.4. The lowest BCUT2D eigenvalue weighted by molar-refractivity contribution is -0.00742. The van der Waals surface area contributed by atoms with Gasteiger partial charge in [-0.3, -0.25) is 9.80 Å². The van der Waals surface area contributed by atoms with Crippen LogP contribution in [-0.4, -0.2) is 152 Å². The van der Waals surface area contributed by atoms with E-state index in [2.05, 4.69) is 9.80 Å². The van der Waals surface area contributed by atoms with Crippen LogP contribution < -0.4 is 0 Å². The van der Waals surface area contributed by atoms with Crippen molar-refractivity contribution in [3.8, 4) is 0 Å². The first-order valence-corrected chi connectivity index (χ1v) is 11.0. The first-order chi connectivity index (χ1) is 14.9. The summed E-state index contributed by atoms with van der Waals surface area (Å²) in [6.07, 6.45) is 0. The van der Waals surface area contributed by atoms with Gasteiger partial charge in [-0.25, -0.2) is 0 Å². The molecule has 1 aliphatic heterocycles. The lowest BCUT2D eigenvalue weighted by Gasteiger charge is -2.21. The minimum absolute atomic E-state index is 0.115. The Labute approximate surface area is 180 Å².